The predicted octanol–water partition coefficient (Wildman–Crippen LogP) is 7.64. The van der Waals surface area contributed by atoms with Crippen molar-refractivity contribution in [3.8, 4) is 0 Å². The first-order valence-corrected chi connectivity index (χ1v) is 8.70. The van der Waals surface area contributed by atoms with Gasteiger partial charge in [-0.3, -0.25) is 0 Å². The molecule has 3 nitrogen and oxygen atoms in total. The summed E-state index contributed by atoms with van der Waals surface area (Å²) < 4.78 is 332. The Kier molecular flexibility index (Phi) is 9.30. The van der Waals surface area contributed by atoms with E-state index in [1.807, 2.05) is 0 Å². The van der Waals surface area contributed by atoms with Crippen molar-refractivity contribution in [1.29, 1.82) is 0 Å². The topological polar surface area (TPSA) is 35.5 Å². The third-order valence-electron chi connectivity index (χ3n) is 4.55. The Hall–Kier alpha value is -2.32. The first-order chi connectivity index (χ1) is 17.7. The standard InChI is InChI=1S/C14H3F25O3/c1-41-2(40)3(15,16)13(36,37)42-14(38,39)11(31,32)9(27,28)7(23,24)5(19,20)4(17,18)6(21,22)8(25,26)10(29,30)12(33,34)35/h1H3. The Balaban J connectivity index is 7.15. The van der Waals surface area contributed by atoms with Crippen LogP contribution in [0.15, 0.2) is 0 Å². The van der Waals surface area contributed by atoms with Crippen molar-refractivity contribution in [2.45, 2.75) is 71.7 Å². The van der Waals surface area contributed by atoms with E-state index in [0.29, 0.717) is 0 Å². The van der Waals surface area contributed by atoms with Gasteiger partial charge in [-0.15, -0.1) is 0 Å². The molecule has 0 unspecified atom stereocenters. The number of hydrogen-bond acceptors (Lipinski definition) is 3. The van der Waals surface area contributed by atoms with Gasteiger partial charge in [0.2, 0.25) is 0 Å². The highest BCUT2D eigenvalue weighted by Crippen LogP contribution is 2.66. The first-order valence-electron chi connectivity index (χ1n) is 8.70. The molecule has 0 saturated carbocycles. The molecule has 0 aromatic rings. The molecule has 0 spiro atoms. The van der Waals surface area contributed by atoms with E-state index in [-0.39, 0.29) is 7.11 Å². The van der Waals surface area contributed by atoms with Crippen molar-refractivity contribution in [2.24, 2.45) is 0 Å². The normalized spacial score (nSPS) is 16.5. The van der Waals surface area contributed by atoms with Gasteiger partial charge in [0.15, 0.2) is 0 Å². The molecule has 0 bridgehead atoms. The molecule has 0 aliphatic rings. The summed E-state index contributed by atoms with van der Waals surface area (Å²) in [4.78, 5) is 10.4. The molecule has 0 heterocycles. The fourth-order valence-electron chi connectivity index (χ4n) is 2.08. The van der Waals surface area contributed by atoms with Gasteiger partial charge in [-0.2, -0.15) is 110 Å². The molecular formula is C14H3F25O3. The Morgan fingerprint density at radius 2 is 0.619 bits per heavy atom. The fourth-order valence-corrected chi connectivity index (χ4v) is 2.08. The summed E-state index contributed by atoms with van der Waals surface area (Å²) in [6.07, 6.45) is -24.4. The molecule has 0 atom stereocenters. The quantitative estimate of drug-likeness (QED) is 0.156. The highest BCUT2D eigenvalue weighted by molar-refractivity contribution is 5.78. The molecule has 0 amide bonds. The zero-order valence-corrected chi connectivity index (χ0v) is 18.2. The van der Waals surface area contributed by atoms with Crippen LogP contribution in [0, 0.1) is 0 Å². The summed E-state index contributed by atoms with van der Waals surface area (Å²) in [5, 5.41) is 0. The van der Waals surface area contributed by atoms with E-state index in [9.17, 15) is 115 Å². The molecule has 0 fully saturated rings. The number of carbonyl (C=O) groups excluding carboxylic acids is 1. The SMILES string of the molecule is COC(=O)C(F)(F)C(F)(F)OC(F)(F)C(F)(F)C(F)(F)C(F)(F)C(F)(F)C(F)(F)C(F)(F)C(F)(F)C(F)(F)C(F)(F)F. The summed E-state index contributed by atoms with van der Waals surface area (Å²) in [5.74, 6) is -85.1. The second-order valence-corrected chi connectivity index (χ2v) is 7.29. The number of rotatable bonds is 12. The molecule has 42 heavy (non-hydrogen) atoms. The second-order valence-electron chi connectivity index (χ2n) is 7.29. The van der Waals surface area contributed by atoms with Crippen molar-refractivity contribution in [1.82, 2.24) is 0 Å². The third-order valence-corrected chi connectivity index (χ3v) is 4.55. The lowest BCUT2D eigenvalue weighted by molar-refractivity contribution is -0.509. The minimum atomic E-state index is -9.59. The van der Waals surface area contributed by atoms with E-state index in [1.165, 1.54) is 0 Å². The van der Waals surface area contributed by atoms with Crippen LogP contribution in [0.4, 0.5) is 110 Å². The van der Waals surface area contributed by atoms with Crippen LogP contribution in [-0.4, -0.2) is 84.8 Å². The van der Waals surface area contributed by atoms with Gasteiger partial charge in [-0.1, -0.05) is 0 Å². The molecule has 0 aliphatic carbocycles. The lowest BCUT2D eigenvalue weighted by atomic mass is 9.87. The molecule has 0 aromatic carbocycles. The van der Waals surface area contributed by atoms with Gasteiger partial charge in [0.05, 0.1) is 7.11 Å². The minimum Gasteiger partial charge on any atom is -0.464 e. The van der Waals surface area contributed by atoms with E-state index in [2.05, 4.69) is 4.74 Å². The van der Waals surface area contributed by atoms with Crippen LogP contribution in [0.3, 0.4) is 0 Å². The first kappa shape index (κ1) is 39.7. The van der Waals surface area contributed by atoms with Crippen molar-refractivity contribution in [3.05, 3.63) is 0 Å². The van der Waals surface area contributed by atoms with Crippen LogP contribution in [0.5, 0.6) is 0 Å². The zero-order valence-electron chi connectivity index (χ0n) is 18.2. The Labute approximate surface area is 210 Å². The van der Waals surface area contributed by atoms with Crippen molar-refractivity contribution in [2.75, 3.05) is 7.11 Å². The van der Waals surface area contributed by atoms with Crippen LogP contribution in [0.25, 0.3) is 0 Å². The van der Waals surface area contributed by atoms with E-state index in [1.54, 1.807) is 0 Å². The second kappa shape index (κ2) is 9.85. The van der Waals surface area contributed by atoms with Crippen LogP contribution in [-0.2, 0) is 14.3 Å². The molecule has 0 aliphatic heterocycles. The molecule has 0 aromatic heterocycles. The smallest absolute Gasteiger partial charge is 0.460 e. The molecule has 0 N–H and O–H groups in total. The maximum atomic E-state index is 13.6. The molecule has 28 heteroatoms. The Bertz CT molecular complexity index is 1010. The lowest BCUT2D eigenvalue weighted by Gasteiger charge is -2.44. The van der Waals surface area contributed by atoms with Crippen LogP contribution < -0.4 is 0 Å². The third kappa shape index (κ3) is 4.90. The molecule has 0 saturated heterocycles. The van der Waals surface area contributed by atoms with Crippen molar-refractivity contribution >= 4 is 5.97 Å². The summed E-state index contributed by atoms with van der Waals surface area (Å²) in [6.45, 7) is 0. The monoisotopic (exact) mass is 694 g/mol. The van der Waals surface area contributed by atoms with Gasteiger partial charge >= 0.3 is 77.7 Å². The number of carbonyl (C=O) groups is 1. The summed E-state index contributed by atoms with van der Waals surface area (Å²) in [7, 11) is -0.292. The average molecular weight is 694 g/mol. The number of esters is 1. The van der Waals surface area contributed by atoms with E-state index < -0.39 is 77.7 Å². The Morgan fingerprint density at radius 1 is 0.381 bits per heavy atom. The van der Waals surface area contributed by atoms with Gasteiger partial charge in [0, 0.05) is 0 Å². The van der Waals surface area contributed by atoms with Crippen LogP contribution in [0.1, 0.15) is 0 Å². The highest BCUT2D eigenvalue weighted by Gasteiger charge is 2.98. The highest BCUT2D eigenvalue weighted by atomic mass is 19.4. The van der Waals surface area contributed by atoms with Crippen molar-refractivity contribution < 1.29 is 124 Å². The molecular weight excluding hydrogens is 691 g/mol. The van der Waals surface area contributed by atoms with Gasteiger partial charge in [-0.05, 0) is 0 Å². The van der Waals surface area contributed by atoms with E-state index in [4.69, 9.17) is 0 Å². The zero-order chi connectivity index (χ0) is 35.0. The number of halogens is 25. The fraction of sp³-hybridized carbons (Fsp3) is 0.929. The molecule has 0 rings (SSSR count). The van der Waals surface area contributed by atoms with Crippen LogP contribution in [0.2, 0.25) is 0 Å². The Morgan fingerprint density at radius 3 is 0.857 bits per heavy atom. The van der Waals surface area contributed by atoms with Gasteiger partial charge in [-0.25, -0.2) is 9.53 Å². The predicted molar refractivity (Wildman–Crippen MR) is 73.6 cm³/mol. The minimum absolute atomic E-state index is 0.292. The molecule has 0 radical (unpaired) electrons. The summed E-state index contributed by atoms with van der Waals surface area (Å²) in [5.41, 5.74) is 0. The maximum Gasteiger partial charge on any atom is 0.460 e. The number of hydrogen-bond donors (Lipinski definition) is 0. The van der Waals surface area contributed by atoms with Gasteiger partial charge in [0.1, 0.15) is 0 Å². The van der Waals surface area contributed by atoms with Gasteiger partial charge in [0.25, 0.3) is 0 Å². The van der Waals surface area contributed by atoms with E-state index in [0.717, 1.165) is 4.74 Å². The number of ether oxygens (including phenoxy) is 2. The average Bonchev–Trinajstić information content (AvgIpc) is 2.75. The largest absolute Gasteiger partial charge is 0.464 e. The summed E-state index contributed by atoms with van der Waals surface area (Å²) >= 11 is 0. The lowest BCUT2D eigenvalue weighted by Crippen LogP contribution is -2.77. The molecule has 252 valence electrons. The maximum absolute atomic E-state index is 13.6. The van der Waals surface area contributed by atoms with Gasteiger partial charge < -0.3 is 4.74 Å². The summed E-state index contributed by atoms with van der Waals surface area (Å²) in [6, 6.07) is 0. The number of alkyl halides is 25. The number of methoxy groups -OCH3 is 1. The van der Waals surface area contributed by atoms with E-state index >= 15 is 0 Å². The van der Waals surface area contributed by atoms with Crippen molar-refractivity contribution in [3.63, 3.8) is 0 Å². The van der Waals surface area contributed by atoms with Crippen LogP contribution >= 0.6 is 0 Å².